The summed E-state index contributed by atoms with van der Waals surface area (Å²) in [5.74, 6) is 1.93. The lowest BCUT2D eigenvalue weighted by Gasteiger charge is -2.15. The number of rotatable bonds is 5. The maximum atomic E-state index is 5.35. The van der Waals surface area contributed by atoms with Crippen LogP contribution in [0.5, 0.6) is 0 Å². The lowest BCUT2D eigenvalue weighted by Crippen LogP contribution is -2.01. The van der Waals surface area contributed by atoms with Gasteiger partial charge in [0.15, 0.2) is 17.5 Å². The van der Waals surface area contributed by atoms with Crippen molar-refractivity contribution in [1.29, 1.82) is 0 Å². The molecule has 4 nitrogen and oxygen atoms in total. The third kappa shape index (κ3) is 5.18. The van der Waals surface area contributed by atoms with Crippen molar-refractivity contribution >= 4 is 74.9 Å². The van der Waals surface area contributed by atoms with Crippen molar-refractivity contribution in [1.82, 2.24) is 19.5 Å². The average molecular weight is 757 g/mol. The van der Waals surface area contributed by atoms with E-state index < -0.39 is 0 Å². The summed E-state index contributed by atoms with van der Waals surface area (Å²) < 4.78 is 4.84. The molecule has 270 valence electrons. The van der Waals surface area contributed by atoms with Gasteiger partial charge in [0.1, 0.15) is 0 Å². The van der Waals surface area contributed by atoms with Crippen LogP contribution in [0.4, 0.5) is 0 Å². The average Bonchev–Trinajstić information content (AvgIpc) is 3.83. The Balaban J connectivity index is 1.11. The van der Waals surface area contributed by atoms with Crippen molar-refractivity contribution in [3.05, 3.63) is 194 Å². The Hall–Kier alpha value is -7.47. The highest BCUT2D eigenvalue weighted by Gasteiger charge is 2.20. The molecule has 0 saturated carbocycles. The Labute approximate surface area is 338 Å². The minimum atomic E-state index is 0.637. The molecule has 0 radical (unpaired) electrons. The van der Waals surface area contributed by atoms with Crippen molar-refractivity contribution in [2.24, 2.45) is 0 Å². The van der Waals surface area contributed by atoms with Crippen LogP contribution in [-0.4, -0.2) is 19.5 Å². The molecule has 12 aromatic rings. The van der Waals surface area contributed by atoms with E-state index >= 15 is 0 Å². The molecule has 0 unspecified atom stereocenters. The predicted octanol–water partition coefficient (Wildman–Crippen LogP) is 14.3. The standard InChI is InChI=1S/C53H32N4S/c1-2-14-33(15-3-1)34-18-10-19-37(30-34)51-54-52(56-53(55-51)44-26-12-24-42-41-21-7-9-29-49(41)58-50(42)44)43-25-11-23-39-38(43)22-13-28-47(39)57-46-27-8-6-20-40(46)45-31-35-16-4-5-17-36(35)32-48(45)57/h1-32H. The summed E-state index contributed by atoms with van der Waals surface area (Å²) in [5, 5.41) is 9.58. The summed E-state index contributed by atoms with van der Waals surface area (Å²) in [7, 11) is 0. The van der Waals surface area contributed by atoms with Crippen molar-refractivity contribution in [2.45, 2.75) is 0 Å². The highest BCUT2D eigenvalue weighted by Crippen LogP contribution is 2.42. The number of para-hydroxylation sites is 1. The molecule has 0 spiro atoms. The quantitative estimate of drug-likeness (QED) is 0.176. The van der Waals surface area contributed by atoms with E-state index in [1.165, 1.54) is 52.8 Å². The first-order valence-corrected chi connectivity index (χ1v) is 20.3. The SMILES string of the molecule is c1ccc(-c2cccc(-c3nc(-c4cccc5c(-n6c7ccccc7c7cc8ccccc8cc76)cccc45)nc(-c4cccc5c4sc4ccccc45)n3)c2)cc1. The van der Waals surface area contributed by atoms with Crippen LogP contribution in [0.2, 0.25) is 0 Å². The third-order valence-electron chi connectivity index (χ3n) is 11.4. The smallest absolute Gasteiger partial charge is 0.165 e. The minimum absolute atomic E-state index is 0.637. The van der Waals surface area contributed by atoms with E-state index in [2.05, 4.69) is 193 Å². The van der Waals surface area contributed by atoms with Crippen molar-refractivity contribution in [2.75, 3.05) is 0 Å². The highest BCUT2D eigenvalue weighted by molar-refractivity contribution is 7.26. The second-order valence-electron chi connectivity index (χ2n) is 14.8. The number of hydrogen-bond acceptors (Lipinski definition) is 4. The van der Waals surface area contributed by atoms with Gasteiger partial charge in [-0.3, -0.25) is 0 Å². The number of nitrogens with zero attached hydrogens (tertiary/aromatic N) is 4. The molecule has 0 aliphatic heterocycles. The monoisotopic (exact) mass is 756 g/mol. The van der Waals surface area contributed by atoms with E-state index in [4.69, 9.17) is 15.0 Å². The van der Waals surface area contributed by atoms with Gasteiger partial charge < -0.3 is 4.57 Å². The molecular weight excluding hydrogens is 725 g/mol. The van der Waals surface area contributed by atoms with Gasteiger partial charge >= 0.3 is 0 Å². The van der Waals surface area contributed by atoms with Gasteiger partial charge in [0.2, 0.25) is 0 Å². The van der Waals surface area contributed by atoms with E-state index in [1.54, 1.807) is 11.3 Å². The first-order valence-electron chi connectivity index (χ1n) is 19.5. The Kier molecular flexibility index (Phi) is 7.37. The zero-order valence-electron chi connectivity index (χ0n) is 31.2. The molecule has 0 amide bonds. The van der Waals surface area contributed by atoms with Gasteiger partial charge in [-0.25, -0.2) is 15.0 Å². The highest BCUT2D eigenvalue weighted by atomic mass is 32.1. The molecule has 0 N–H and O–H groups in total. The summed E-state index contributed by atoms with van der Waals surface area (Å²) in [6.07, 6.45) is 0. The molecule has 0 saturated heterocycles. The second-order valence-corrected chi connectivity index (χ2v) is 15.8. The molecule has 3 heterocycles. The van der Waals surface area contributed by atoms with E-state index in [-0.39, 0.29) is 0 Å². The van der Waals surface area contributed by atoms with Crippen LogP contribution in [0.1, 0.15) is 0 Å². The largest absolute Gasteiger partial charge is 0.309 e. The van der Waals surface area contributed by atoms with Gasteiger partial charge in [0.05, 0.1) is 16.7 Å². The number of thiophene rings is 1. The normalized spacial score (nSPS) is 11.8. The number of aromatic nitrogens is 4. The molecule has 12 rings (SSSR count). The zero-order chi connectivity index (χ0) is 38.2. The first-order chi connectivity index (χ1) is 28.7. The van der Waals surface area contributed by atoms with E-state index in [9.17, 15) is 0 Å². The summed E-state index contributed by atoms with van der Waals surface area (Å²) in [6, 6.07) is 69.2. The zero-order valence-corrected chi connectivity index (χ0v) is 32.0. The van der Waals surface area contributed by atoms with Crippen molar-refractivity contribution < 1.29 is 0 Å². The fourth-order valence-electron chi connectivity index (χ4n) is 8.74. The molecule has 0 atom stereocenters. The number of hydrogen-bond donors (Lipinski definition) is 0. The molecule has 0 aliphatic carbocycles. The van der Waals surface area contributed by atoms with Gasteiger partial charge in [0, 0.05) is 53.0 Å². The lowest BCUT2D eigenvalue weighted by molar-refractivity contribution is 1.08. The van der Waals surface area contributed by atoms with Crippen LogP contribution < -0.4 is 0 Å². The maximum absolute atomic E-state index is 5.35. The van der Waals surface area contributed by atoms with Crippen LogP contribution in [0, 0.1) is 0 Å². The van der Waals surface area contributed by atoms with Crippen molar-refractivity contribution in [3.63, 3.8) is 0 Å². The second kappa shape index (κ2) is 13.1. The fraction of sp³-hybridized carbons (Fsp3) is 0. The van der Waals surface area contributed by atoms with Crippen LogP contribution >= 0.6 is 11.3 Å². The maximum Gasteiger partial charge on any atom is 0.165 e. The topological polar surface area (TPSA) is 43.6 Å². The molecule has 58 heavy (non-hydrogen) atoms. The summed E-state index contributed by atoms with van der Waals surface area (Å²) in [5.41, 5.74) is 8.62. The molecule has 9 aromatic carbocycles. The first kappa shape index (κ1) is 32.7. The molecule has 0 aliphatic rings. The van der Waals surface area contributed by atoms with Gasteiger partial charge in [-0.15, -0.1) is 11.3 Å². The van der Waals surface area contributed by atoms with Crippen LogP contribution in [-0.2, 0) is 0 Å². The van der Waals surface area contributed by atoms with Crippen LogP contribution in [0.3, 0.4) is 0 Å². The molecule has 0 bridgehead atoms. The van der Waals surface area contributed by atoms with Gasteiger partial charge in [-0.2, -0.15) is 0 Å². The third-order valence-corrected chi connectivity index (χ3v) is 12.6. The molecular formula is C53H32N4S. The number of benzene rings is 9. The van der Waals surface area contributed by atoms with Crippen LogP contribution in [0.15, 0.2) is 194 Å². The molecule has 0 fully saturated rings. The predicted molar refractivity (Wildman–Crippen MR) is 244 cm³/mol. The van der Waals surface area contributed by atoms with Gasteiger partial charge in [-0.05, 0) is 69.8 Å². The van der Waals surface area contributed by atoms with Crippen molar-refractivity contribution in [3.8, 4) is 51.0 Å². The van der Waals surface area contributed by atoms with Gasteiger partial charge in [-0.1, -0.05) is 152 Å². The minimum Gasteiger partial charge on any atom is -0.309 e. The van der Waals surface area contributed by atoms with E-state index in [1.807, 2.05) is 6.07 Å². The Bertz CT molecular complexity index is 3580. The summed E-state index contributed by atoms with van der Waals surface area (Å²) >= 11 is 1.79. The molecule has 3 aromatic heterocycles. The number of fused-ring (bicyclic) bond motifs is 8. The Morgan fingerprint density at radius 1 is 0.345 bits per heavy atom. The summed E-state index contributed by atoms with van der Waals surface area (Å²) in [6.45, 7) is 0. The molecule has 5 heteroatoms. The Morgan fingerprint density at radius 2 is 0.948 bits per heavy atom. The van der Waals surface area contributed by atoms with E-state index in [0.717, 1.165) is 44.3 Å². The fourth-order valence-corrected chi connectivity index (χ4v) is 9.95. The van der Waals surface area contributed by atoms with E-state index in [0.29, 0.717) is 17.5 Å². The van der Waals surface area contributed by atoms with Crippen LogP contribution in [0.25, 0.3) is 115 Å². The lowest BCUT2D eigenvalue weighted by atomic mass is 10.0. The Morgan fingerprint density at radius 3 is 1.83 bits per heavy atom. The summed E-state index contributed by atoms with van der Waals surface area (Å²) in [4.78, 5) is 15.9. The van der Waals surface area contributed by atoms with Gasteiger partial charge in [0.25, 0.3) is 0 Å².